The van der Waals surface area contributed by atoms with Gasteiger partial charge >= 0.3 is 5.97 Å². The number of carbonyl (C=O) groups is 2. The first-order chi connectivity index (χ1) is 9.81. The number of carbonyl (C=O) groups excluding carboxylic acids is 1. The summed E-state index contributed by atoms with van der Waals surface area (Å²) in [5.74, 6) is -1.32. The van der Waals surface area contributed by atoms with Crippen LogP contribution in [0.3, 0.4) is 0 Å². The molecule has 0 aromatic carbocycles. The van der Waals surface area contributed by atoms with Gasteiger partial charge in [-0.1, -0.05) is 0 Å². The van der Waals surface area contributed by atoms with E-state index >= 15 is 0 Å². The van der Waals surface area contributed by atoms with E-state index in [1.54, 1.807) is 18.7 Å². The van der Waals surface area contributed by atoms with Crippen LogP contribution < -0.4 is 4.90 Å². The lowest BCUT2D eigenvalue weighted by Gasteiger charge is -2.16. The Balaban J connectivity index is 2.24. The molecule has 0 radical (unpaired) electrons. The third kappa shape index (κ3) is 2.94. The fourth-order valence-corrected chi connectivity index (χ4v) is 2.88. The number of carboxylic acid groups (broad SMARTS) is 1. The number of hydrogen-bond acceptors (Lipinski definition) is 5. The number of rotatable bonds is 4. The topological polar surface area (TPSA) is 88.3 Å². The second kappa shape index (κ2) is 5.65. The minimum absolute atomic E-state index is 0.0617. The van der Waals surface area contributed by atoms with Gasteiger partial charge in [-0.05, 0) is 38.4 Å². The SMILES string of the molecule is Cc1cc(C)n(CC(=O)N(C)c2snc(C)c2C(=O)O)n1. The predicted octanol–water partition coefficient (Wildman–Crippen LogP) is 1.63. The molecule has 1 N–H and O–H groups in total. The van der Waals surface area contributed by atoms with Crippen LogP contribution in [-0.2, 0) is 11.3 Å². The van der Waals surface area contributed by atoms with E-state index in [1.807, 2.05) is 19.9 Å². The van der Waals surface area contributed by atoms with Gasteiger partial charge in [-0.2, -0.15) is 9.47 Å². The number of aryl methyl sites for hydroxylation is 3. The lowest BCUT2D eigenvalue weighted by atomic mass is 10.2. The van der Waals surface area contributed by atoms with Crippen molar-refractivity contribution in [3.63, 3.8) is 0 Å². The quantitative estimate of drug-likeness (QED) is 0.927. The van der Waals surface area contributed by atoms with Gasteiger partial charge in [0.05, 0.1) is 11.4 Å². The van der Waals surface area contributed by atoms with Crippen LogP contribution in [-0.4, -0.2) is 38.2 Å². The van der Waals surface area contributed by atoms with E-state index in [1.165, 1.54) is 4.90 Å². The second-order valence-corrected chi connectivity index (χ2v) is 5.54. The Morgan fingerprint density at radius 3 is 2.57 bits per heavy atom. The molecule has 0 saturated carbocycles. The summed E-state index contributed by atoms with van der Waals surface area (Å²) in [5, 5.41) is 13.8. The van der Waals surface area contributed by atoms with Crippen molar-refractivity contribution in [2.75, 3.05) is 11.9 Å². The molecule has 0 aliphatic rings. The molecule has 2 aromatic rings. The molecule has 0 fully saturated rings. The molecular weight excluding hydrogens is 292 g/mol. The molecular formula is C13H16N4O3S. The normalized spacial score (nSPS) is 10.7. The number of nitrogens with zero attached hydrogens (tertiary/aromatic N) is 4. The Hall–Kier alpha value is -2.22. The standard InChI is InChI=1S/C13H16N4O3S/c1-7-5-8(2)17(14-7)6-10(18)16(4)12-11(13(19)20)9(3)15-21-12/h5H,6H2,1-4H3,(H,19,20). The van der Waals surface area contributed by atoms with Crippen molar-refractivity contribution in [3.05, 3.63) is 28.7 Å². The zero-order valence-electron chi connectivity index (χ0n) is 12.2. The summed E-state index contributed by atoms with van der Waals surface area (Å²) in [6.45, 7) is 5.40. The minimum atomic E-state index is -1.08. The fourth-order valence-electron chi connectivity index (χ4n) is 2.02. The maximum Gasteiger partial charge on any atom is 0.340 e. The number of aromatic nitrogens is 3. The molecule has 0 aliphatic carbocycles. The number of amides is 1. The van der Waals surface area contributed by atoms with Crippen LogP contribution in [0.1, 0.15) is 27.4 Å². The monoisotopic (exact) mass is 308 g/mol. The maximum atomic E-state index is 12.3. The molecule has 0 atom stereocenters. The molecule has 0 spiro atoms. The maximum absolute atomic E-state index is 12.3. The third-order valence-electron chi connectivity index (χ3n) is 3.13. The number of likely N-dealkylation sites (N-methyl/N-ethyl adjacent to an activating group) is 1. The van der Waals surface area contributed by atoms with Crippen LogP contribution in [0.15, 0.2) is 6.07 Å². The van der Waals surface area contributed by atoms with Crippen molar-refractivity contribution >= 4 is 28.4 Å². The summed E-state index contributed by atoms with van der Waals surface area (Å²) >= 11 is 1.01. The zero-order valence-corrected chi connectivity index (χ0v) is 13.1. The lowest BCUT2D eigenvalue weighted by molar-refractivity contribution is -0.119. The fraction of sp³-hybridized carbons (Fsp3) is 0.385. The molecule has 8 heteroatoms. The molecule has 112 valence electrons. The number of carboxylic acids is 1. The summed E-state index contributed by atoms with van der Waals surface area (Å²) in [6.07, 6.45) is 0. The molecule has 7 nitrogen and oxygen atoms in total. The van der Waals surface area contributed by atoms with Crippen molar-refractivity contribution in [3.8, 4) is 0 Å². The smallest absolute Gasteiger partial charge is 0.340 e. The van der Waals surface area contributed by atoms with Crippen molar-refractivity contribution in [1.82, 2.24) is 14.2 Å². The molecule has 0 saturated heterocycles. The minimum Gasteiger partial charge on any atom is -0.478 e. The summed E-state index contributed by atoms with van der Waals surface area (Å²) in [4.78, 5) is 24.9. The van der Waals surface area contributed by atoms with E-state index in [4.69, 9.17) is 0 Å². The zero-order chi connectivity index (χ0) is 15.7. The molecule has 21 heavy (non-hydrogen) atoms. The Morgan fingerprint density at radius 1 is 1.38 bits per heavy atom. The average Bonchev–Trinajstić information content (AvgIpc) is 2.91. The molecule has 0 bridgehead atoms. The highest BCUT2D eigenvalue weighted by molar-refractivity contribution is 7.11. The molecule has 1 amide bonds. The van der Waals surface area contributed by atoms with Gasteiger partial charge in [0.15, 0.2) is 0 Å². The van der Waals surface area contributed by atoms with Crippen molar-refractivity contribution in [1.29, 1.82) is 0 Å². The Bertz CT molecular complexity index is 704. The van der Waals surface area contributed by atoms with Gasteiger partial charge in [0.2, 0.25) is 5.91 Å². The van der Waals surface area contributed by atoms with Gasteiger partial charge in [0.1, 0.15) is 17.1 Å². The first-order valence-electron chi connectivity index (χ1n) is 6.28. The first kappa shape index (κ1) is 15.2. The molecule has 2 heterocycles. The van der Waals surface area contributed by atoms with Crippen molar-refractivity contribution in [2.24, 2.45) is 0 Å². The van der Waals surface area contributed by atoms with Crippen LogP contribution in [0, 0.1) is 20.8 Å². The average molecular weight is 308 g/mol. The van der Waals surface area contributed by atoms with Crippen LogP contribution in [0.5, 0.6) is 0 Å². The summed E-state index contributed by atoms with van der Waals surface area (Å²) < 4.78 is 5.61. The van der Waals surface area contributed by atoms with E-state index in [9.17, 15) is 14.7 Å². The van der Waals surface area contributed by atoms with Crippen LogP contribution in [0.4, 0.5) is 5.00 Å². The number of aromatic carboxylic acids is 1. The highest BCUT2D eigenvalue weighted by Gasteiger charge is 2.24. The first-order valence-corrected chi connectivity index (χ1v) is 7.05. The Morgan fingerprint density at radius 2 is 2.05 bits per heavy atom. The van der Waals surface area contributed by atoms with Crippen molar-refractivity contribution < 1.29 is 14.7 Å². The summed E-state index contributed by atoms with van der Waals surface area (Å²) in [5.41, 5.74) is 2.20. The van der Waals surface area contributed by atoms with E-state index in [-0.39, 0.29) is 18.0 Å². The Labute approximate surface area is 126 Å². The largest absolute Gasteiger partial charge is 0.478 e. The van der Waals surface area contributed by atoms with Gasteiger partial charge in [0.25, 0.3) is 0 Å². The van der Waals surface area contributed by atoms with Crippen LogP contribution in [0.2, 0.25) is 0 Å². The summed E-state index contributed by atoms with van der Waals surface area (Å²) in [7, 11) is 1.55. The summed E-state index contributed by atoms with van der Waals surface area (Å²) in [6, 6.07) is 1.88. The van der Waals surface area contributed by atoms with Gasteiger partial charge < -0.3 is 10.0 Å². The van der Waals surface area contributed by atoms with Gasteiger partial charge in [-0.25, -0.2) is 4.79 Å². The molecule has 0 unspecified atom stereocenters. The number of anilines is 1. The Kier molecular flexibility index (Phi) is 4.08. The molecule has 2 rings (SSSR count). The second-order valence-electron chi connectivity index (χ2n) is 4.79. The van der Waals surface area contributed by atoms with Gasteiger partial charge in [-0.3, -0.25) is 9.48 Å². The predicted molar refractivity (Wildman–Crippen MR) is 78.9 cm³/mol. The van der Waals surface area contributed by atoms with Gasteiger partial charge in [0, 0.05) is 12.7 Å². The van der Waals surface area contributed by atoms with E-state index < -0.39 is 5.97 Å². The number of hydrogen-bond donors (Lipinski definition) is 1. The van der Waals surface area contributed by atoms with Crippen LogP contribution in [0.25, 0.3) is 0 Å². The van der Waals surface area contributed by atoms with E-state index in [0.717, 1.165) is 22.9 Å². The van der Waals surface area contributed by atoms with Gasteiger partial charge in [-0.15, -0.1) is 0 Å². The van der Waals surface area contributed by atoms with E-state index in [0.29, 0.717) is 10.7 Å². The highest BCUT2D eigenvalue weighted by Crippen LogP contribution is 2.28. The lowest BCUT2D eigenvalue weighted by Crippen LogP contribution is -2.31. The van der Waals surface area contributed by atoms with Crippen LogP contribution >= 0.6 is 11.5 Å². The van der Waals surface area contributed by atoms with Crippen molar-refractivity contribution in [2.45, 2.75) is 27.3 Å². The molecule has 0 aliphatic heterocycles. The van der Waals surface area contributed by atoms with E-state index in [2.05, 4.69) is 9.47 Å². The third-order valence-corrected chi connectivity index (χ3v) is 4.14. The molecule has 2 aromatic heterocycles. The highest BCUT2D eigenvalue weighted by atomic mass is 32.1.